The largest absolute Gasteiger partial charge is 0.468 e. The zero-order chi connectivity index (χ0) is 12.0. The summed E-state index contributed by atoms with van der Waals surface area (Å²) in [6, 6.07) is -0.267. The van der Waals surface area contributed by atoms with Crippen LogP contribution in [0.1, 0.15) is 12.8 Å². The molecule has 5 nitrogen and oxygen atoms in total. The van der Waals surface area contributed by atoms with Gasteiger partial charge in [0.15, 0.2) is 0 Å². The van der Waals surface area contributed by atoms with Crippen LogP contribution in [0.15, 0.2) is 0 Å². The van der Waals surface area contributed by atoms with E-state index in [1.54, 1.807) is 7.05 Å². The number of hydrogen-bond acceptors (Lipinski definition) is 5. The van der Waals surface area contributed by atoms with Gasteiger partial charge in [-0.2, -0.15) is 0 Å². The summed E-state index contributed by atoms with van der Waals surface area (Å²) in [6.45, 7) is 2.38. The molecule has 0 saturated carbocycles. The van der Waals surface area contributed by atoms with Crippen molar-refractivity contribution in [3.63, 3.8) is 0 Å². The highest BCUT2D eigenvalue weighted by Gasteiger charge is 2.22. The molecule has 1 rings (SSSR count). The van der Waals surface area contributed by atoms with E-state index in [2.05, 4.69) is 10.2 Å². The van der Waals surface area contributed by atoms with E-state index in [1.807, 2.05) is 7.05 Å². The van der Waals surface area contributed by atoms with Crippen molar-refractivity contribution in [2.75, 3.05) is 40.9 Å². The summed E-state index contributed by atoms with van der Waals surface area (Å²) in [7, 11) is 5.17. The molecule has 1 fully saturated rings. The van der Waals surface area contributed by atoms with E-state index in [4.69, 9.17) is 9.47 Å². The fourth-order valence-corrected chi connectivity index (χ4v) is 1.95. The van der Waals surface area contributed by atoms with Gasteiger partial charge in [-0.05, 0) is 26.9 Å². The number of methoxy groups -OCH3 is 1. The topological polar surface area (TPSA) is 50.8 Å². The van der Waals surface area contributed by atoms with Crippen LogP contribution in [0.25, 0.3) is 0 Å². The summed E-state index contributed by atoms with van der Waals surface area (Å²) >= 11 is 0. The minimum Gasteiger partial charge on any atom is -0.468 e. The highest BCUT2D eigenvalue weighted by molar-refractivity contribution is 5.75. The third-order valence-corrected chi connectivity index (χ3v) is 2.87. The Hall–Kier alpha value is -0.650. The van der Waals surface area contributed by atoms with E-state index in [0.29, 0.717) is 12.6 Å². The van der Waals surface area contributed by atoms with Crippen molar-refractivity contribution in [1.29, 1.82) is 0 Å². The first-order valence-corrected chi connectivity index (χ1v) is 5.72. The minimum atomic E-state index is -0.267. The summed E-state index contributed by atoms with van der Waals surface area (Å²) in [5, 5.41) is 2.95. The van der Waals surface area contributed by atoms with Crippen molar-refractivity contribution in [1.82, 2.24) is 10.2 Å². The Bertz CT molecular complexity index is 217. The average Bonchev–Trinajstić information content (AvgIpc) is 2.77. The second-order valence-corrected chi connectivity index (χ2v) is 4.22. The summed E-state index contributed by atoms with van der Waals surface area (Å²) in [4.78, 5) is 13.5. The molecule has 1 aliphatic rings. The molecule has 0 bridgehead atoms. The number of nitrogens with one attached hydrogen (secondary N) is 1. The van der Waals surface area contributed by atoms with Gasteiger partial charge < -0.3 is 19.7 Å². The Morgan fingerprint density at radius 3 is 2.94 bits per heavy atom. The molecule has 5 heteroatoms. The van der Waals surface area contributed by atoms with Crippen molar-refractivity contribution in [3.05, 3.63) is 0 Å². The Balaban J connectivity index is 2.30. The van der Waals surface area contributed by atoms with Crippen LogP contribution in [0.3, 0.4) is 0 Å². The Morgan fingerprint density at radius 2 is 2.44 bits per heavy atom. The number of ether oxygens (including phenoxy) is 2. The molecule has 1 aliphatic heterocycles. The van der Waals surface area contributed by atoms with Gasteiger partial charge in [-0.3, -0.25) is 4.79 Å². The molecule has 2 atom stereocenters. The molecule has 0 aromatic heterocycles. The van der Waals surface area contributed by atoms with Gasteiger partial charge in [0.05, 0.1) is 13.2 Å². The second-order valence-electron chi connectivity index (χ2n) is 4.22. The van der Waals surface area contributed by atoms with Crippen molar-refractivity contribution in [3.8, 4) is 0 Å². The second kappa shape index (κ2) is 6.83. The first-order chi connectivity index (χ1) is 7.67. The molecule has 0 radical (unpaired) electrons. The summed E-state index contributed by atoms with van der Waals surface area (Å²) < 4.78 is 10.3. The van der Waals surface area contributed by atoms with Crippen LogP contribution < -0.4 is 5.32 Å². The minimum absolute atomic E-state index is 0.221. The molecule has 1 saturated heterocycles. The van der Waals surface area contributed by atoms with Gasteiger partial charge in [-0.1, -0.05) is 0 Å². The maximum Gasteiger partial charge on any atom is 0.324 e. The van der Waals surface area contributed by atoms with E-state index >= 15 is 0 Å². The number of carbonyl (C=O) groups is 1. The maximum absolute atomic E-state index is 11.4. The molecular formula is C11H22N2O3. The SMILES string of the molecule is CNC(CN(C)CC1CCCO1)C(=O)OC. The van der Waals surface area contributed by atoms with Crippen molar-refractivity contribution in [2.45, 2.75) is 25.0 Å². The van der Waals surface area contributed by atoms with Gasteiger partial charge in [0.2, 0.25) is 0 Å². The lowest BCUT2D eigenvalue weighted by molar-refractivity contribution is -0.143. The standard InChI is InChI=1S/C11H22N2O3/c1-12-10(11(14)15-3)8-13(2)7-9-5-4-6-16-9/h9-10,12H,4-8H2,1-3H3. The number of nitrogens with zero attached hydrogens (tertiary/aromatic N) is 1. The highest BCUT2D eigenvalue weighted by Crippen LogP contribution is 2.12. The lowest BCUT2D eigenvalue weighted by atomic mass is 10.2. The summed E-state index contributed by atoms with van der Waals surface area (Å²) in [5.74, 6) is -0.221. The number of hydrogen-bond donors (Lipinski definition) is 1. The molecule has 0 aromatic carbocycles. The van der Waals surface area contributed by atoms with E-state index in [0.717, 1.165) is 26.0 Å². The molecular weight excluding hydrogens is 208 g/mol. The Morgan fingerprint density at radius 1 is 1.69 bits per heavy atom. The first-order valence-electron chi connectivity index (χ1n) is 5.72. The summed E-state index contributed by atoms with van der Waals surface area (Å²) in [6.07, 6.45) is 2.58. The molecule has 0 aromatic rings. The number of carbonyl (C=O) groups excluding carboxylic acids is 1. The summed E-state index contributed by atoms with van der Waals surface area (Å²) in [5.41, 5.74) is 0. The molecule has 0 amide bonds. The predicted octanol–water partition coefficient (Wildman–Crippen LogP) is -0.142. The molecule has 94 valence electrons. The van der Waals surface area contributed by atoms with Crippen LogP contribution in [0, 0.1) is 0 Å². The van der Waals surface area contributed by atoms with Gasteiger partial charge in [0, 0.05) is 19.7 Å². The normalized spacial score (nSPS) is 22.4. The van der Waals surface area contributed by atoms with Crippen LogP contribution in [0.5, 0.6) is 0 Å². The van der Waals surface area contributed by atoms with E-state index in [-0.39, 0.29) is 12.0 Å². The van der Waals surface area contributed by atoms with Crippen LogP contribution in [0.2, 0.25) is 0 Å². The predicted molar refractivity (Wildman–Crippen MR) is 61.3 cm³/mol. The molecule has 1 N–H and O–H groups in total. The average molecular weight is 230 g/mol. The third-order valence-electron chi connectivity index (χ3n) is 2.87. The van der Waals surface area contributed by atoms with Gasteiger partial charge >= 0.3 is 5.97 Å². The van der Waals surface area contributed by atoms with E-state index in [9.17, 15) is 4.79 Å². The number of likely N-dealkylation sites (N-methyl/N-ethyl adjacent to an activating group) is 2. The van der Waals surface area contributed by atoms with Crippen molar-refractivity contribution < 1.29 is 14.3 Å². The molecule has 0 spiro atoms. The molecule has 2 unspecified atom stereocenters. The van der Waals surface area contributed by atoms with Gasteiger partial charge in [0.25, 0.3) is 0 Å². The molecule has 16 heavy (non-hydrogen) atoms. The highest BCUT2D eigenvalue weighted by atomic mass is 16.5. The first kappa shape index (κ1) is 13.4. The van der Waals surface area contributed by atoms with Crippen LogP contribution >= 0.6 is 0 Å². The van der Waals surface area contributed by atoms with Crippen LogP contribution in [0.4, 0.5) is 0 Å². The lowest BCUT2D eigenvalue weighted by Crippen LogP contribution is -2.45. The van der Waals surface area contributed by atoms with Crippen molar-refractivity contribution >= 4 is 5.97 Å². The molecule has 0 aliphatic carbocycles. The van der Waals surface area contributed by atoms with Gasteiger partial charge in [-0.25, -0.2) is 0 Å². The Kier molecular flexibility index (Phi) is 5.73. The van der Waals surface area contributed by atoms with Gasteiger partial charge in [0.1, 0.15) is 6.04 Å². The zero-order valence-corrected chi connectivity index (χ0v) is 10.4. The molecule has 1 heterocycles. The van der Waals surface area contributed by atoms with Crippen LogP contribution in [-0.2, 0) is 14.3 Å². The number of rotatable bonds is 6. The van der Waals surface area contributed by atoms with Crippen molar-refractivity contribution in [2.24, 2.45) is 0 Å². The smallest absolute Gasteiger partial charge is 0.324 e. The quantitative estimate of drug-likeness (QED) is 0.644. The van der Waals surface area contributed by atoms with E-state index in [1.165, 1.54) is 7.11 Å². The zero-order valence-electron chi connectivity index (χ0n) is 10.4. The third kappa shape index (κ3) is 4.08. The Labute approximate surface area is 97.1 Å². The fourth-order valence-electron chi connectivity index (χ4n) is 1.95. The van der Waals surface area contributed by atoms with E-state index < -0.39 is 0 Å². The van der Waals surface area contributed by atoms with Crippen LogP contribution in [-0.4, -0.2) is 63.9 Å². The van der Waals surface area contributed by atoms with Gasteiger partial charge in [-0.15, -0.1) is 0 Å². The maximum atomic E-state index is 11.4. The monoisotopic (exact) mass is 230 g/mol. The lowest BCUT2D eigenvalue weighted by Gasteiger charge is -2.24. The fraction of sp³-hybridized carbons (Fsp3) is 0.909. The number of esters is 1.